The molecular formula is C36H40ClN3O4S. The van der Waals surface area contributed by atoms with Crippen molar-refractivity contribution < 1.29 is 18.0 Å². The first-order chi connectivity index (χ1) is 21.6. The number of hydrogen-bond donors (Lipinski definition) is 1. The van der Waals surface area contributed by atoms with Crippen LogP contribution < -0.4 is 9.62 Å². The molecule has 4 rings (SSSR count). The minimum Gasteiger partial charge on any atom is -0.352 e. The molecule has 0 saturated carbocycles. The van der Waals surface area contributed by atoms with Gasteiger partial charge < -0.3 is 10.2 Å². The molecule has 0 aliphatic carbocycles. The Bertz CT molecular complexity index is 1650. The molecule has 0 bridgehead atoms. The Morgan fingerprint density at radius 3 is 1.93 bits per heavy atom. The van der Waals surface area contributed by atoms with Crippen LogP contribution in [-0.2, 0) is 39.0 Å². The molecule has 236 valence electrons. The van der Waals surface area contributed by atoms with E-state index >= 15 is 0 Å². The second-order valence-electron chi connectivity index (χ2n) is 11.0. The zero-order valence-electron chi connectivity index (χ0n) is 25.9. The van der Waals surface area contributed by atoms with Gasteiger partial charge in [-0.2, -0.15) is 0 Å². The lowest BCUT2D eigenvalue weighted by molar-refractivity contribution is -0.140. The molecule has 0 aliphatic heterocycles. The van der Waals surface area contributed by atoms with Crippen molar-refractivity contribution in [3.63, 3.8) is 0 Å². The van der Waals surface area contributed by atoms with E-state index in [4.69, 9.17) is 11.6 Å². The fourth-order valence-electron chi connectivity index (χ4n) is 4.93. The number of nitrogens with one attached hydrogen (secondary N) is 1. The van der Waals surface area contributed by atoms with Gasteiger partial charge in [0.05, 0.1) is 10.6 Å². The quantitative estimate of drug-likeness (QED) is 0.166. The average Bonchev–Trinajstić information content (AvgIpc) is 3.06. The van der Waals surface area contributed by atoms with Crippen LogP contribution in [0.1, 0.15) is 43.9 Å². The van der Waals surface area contributed by atoms with E-state index in [2.05, 4.69) is 5.32 Å². The van der Waals surface area contributed by atoms with E-state index < -0.39 is 28.5 Å². The predicted molar refractivity (Wildman–Crippen MR) is 181 cm³/mol. The van der Waals surface area contributed by atoms with Crippen molar-refractivity contribution in [2.24, 2.45) is 0 Å². The number of aryl methyl sites for hydroxylation is 1. The van der Waals surface area contributed by atoms with Gasteiger partial charge in [-0.15, -0.1) is 0 Å². The Hall–Kier alpha value is -4.14. The lowest BCUT2D eigenvalue weighted by atomic mass is 10.0. The number of sulfonamides is 1. The molecule has 0 fully saturated rings. The minimum atomic E-state index is -4.14. The molecule has 2 unspecified atom stereocenters. The summed E-state index contributed by atoms with van der Waals surface area (Å²) in [5.41, 5.74) is 3.03. The summed E-state index contributed by atoms with van der Waals surface area (Å²) >= 11 is 6.15. The minimum absolute atomic E-state index is 0.0666. The smallest absolute Gasteiger partial charge is 0.264 e. The second-order valence-corrected chi connectivity index (χ2v) is 13.3. The van der Waals surface area contributed by atoms with Gasteiger partial charge in [0.2, 0.25) is 11.8 Å². The van der Waals surface area contributed by atoms with Crippen LogP contribution in [0.4, 0.5) is 5.69 Å². The van der Waals surface area contributed by atoms with Crippen LogP contribution in [0.5, 0.6) is 0 Å². The first-order valence-corrected chi connectivity index (χ1v) is 17.0. The molecule has 7 nitrogen and oxygen atoms in total. The first-order valence-electron chi connectivity index (χ1n) is 15.2. The fourth-order valence-corrected chi connectivity index (χ4v) is 6.49. The lowest BCUT2D eigenvalue weighted by Crippen LogP contribution is -2.54. The summed E-state index contributed by atoms with van der Waals surface area (Å²) in [6, 6.07) is 30.7. The number of anilines is 1. The van der Waals surface area contributed by atoms with Crippen LogP contribution in [0.3, 0.4) is 0 Å². The standard InChI is InChI=1S/C36H40ClN3O4S/c1-4-27(3)38-36(42)34(24-29-12-8-6-9-13-29)39(25-30-16-20-31(37)21-17-30)35(41)26-40(32-22-18-28(5-2)19-23-32)45(43,44)33-14-10-7-11-15-33/h6-23,27,34H,4-5,24-26H2,1-3H3,(H,38,42). The molecular weight excluding hydrogens is 606 g/mol. The van der Waals surface area contributed by atoms with Crippen molar-refractivity contribution in [3.05, 3.63) is 131 Å². The van der Waals surface area contributed by atoms with Crippen LogP contribution in [0.15, 0.2) is 114 Å². The Balaban J connectivity index is 1.79. The second kappa shape index (κ2) is 15.7. The zero-order chi connectivity index (χ0) is 32.4. The van der Waals surface area contributed by atoms with Crippen molar-refractivity contribution in [3.8, 4) is 0 Å². The van der Waals surface area contributed by atoms with Crippen LogP contribution in [-0.4, -0.2) is 43.8 Å². The summed E-state index contributed by atoms with van der Waals surface area (Å²) in [6.45, 7) is 5.48. The maximum atomic E-state index is 14.5. The molecule has 0 heterocycles. The van der Waals surface area contributed by atoms with Gasteiger partial charge in [-0.25, -0.2) is 8.42 Å². The normalized spacial score (nSPS) is 12.6. The van der Waals surface area contributed by atoms with E-state index in [1.165, 1.54) is 17.0 Å². The SMILES string of the molecule is CCc1ccc(N(CC(=O)N(Cc2ccc(Cl)cc2)C(Cc2ccccc2)C(=O)NC(C)CC)S(=O)(=O)c2ccccc2)cc1. The number of carbonyl (C=O) groups is 2. The Kier molecular flexibility index (Phi) is 11.8. The molecule has 45 heavy (non-hydrogen) atoms. The van der Waals surface area contributed by atoms with E-state index in [9.17, 15) is 18.0 Å². The van der Waals surface area contributed by atoms with Crippen LogP contribution in [0, 0.1) is 0 Å². The summed E-state index contributed by atoms with van der Waals surface area (Å²) in [4.78, 5) is 30.0. The lowest BCUT2D eigenvalue weighted by Gasteiger charge is -2.34. The molecule has 2 amide bonds. The summed E-state index contributed by atoms with van der Waals surface area (Å²) < 4.78 is 29.3. The average molecular weight is 646 g/mol. The van der Waals surface area contributed by atoms with Crippen LogP contribution >= 0.6 is 11.6 Å². The van der Waals surface area contributed by atoms with E-state index in [1.807, 2.05) is 63.2 Å². The largest absolute Gasteiger partial charge is 0.352 e. The molecule has 4 aromatic rings. The third-order valence-corrected chi connectivity index (χ3v) is 9.82. The highest BCUT2D eigenvalue weighted by atomic mass is 35.5. The van der Waals surface area contributed by atoms with Gasteiger partial charge in [0, 0.05) is 24.0 Å². The highest BCUT2D eigenvalue weighted by molar-refractivity contribution is 7.92. The van der Waals surface area contributed by atoms with Crippen molar-refractivity contribution in [1.82, 2.24) is 10.2 Å². The summed E-state index contributed by atoms with van der Waals surface area (Å²) in [6.07, 6.45) is 1.75. The third-order valence-electron chi connectivity index (χ3n) is 7.78. The number of nitrogens with zero attached hydrogens (tertiary/aromatic N) is 2. The fraction of sp³-hybridized carbons (Fsp3) is 0.278. The monoisotopic (exact) mass is 645 g/mol. The number of amides is 2. The summed E-state index contributed by atoms with van der Waals surface area (Å²) in [5, 5.41) is 3.59. The van der Waals surface area contributed by atoms with Gasteiger partial charge in [-0.3, -0.25) is 13.9 Å². The maximum Gasteiger partial charge on any atom is 0.264 e. The van der Waals surface area contributed by atoms with E-state index in [1.54, 1.807) is 54.6 Å². The molecule has 9 heteroatoms. The van der Waals surface area contributed by atoms with Gasteiger partial charge >= 0.3 is 0 Å². The summed E-state index contributed by atoms with van der Waals surface area (Å²) in [5.74, 6) is -0.815. The number of rotatable bonds is 14. The Morgan fingerprint density at radius 2 is 1.36 bits per heavy atom. The summed E-state index contributed by atoms with van der Waals surface area (Å²) in [7, 11) is -4.14. The van der Waals surface area contributed by atoms with Gasteiger partial charge in [0.15, 0.2) is 0 Å². The molecule has 0 radical (unpaired) electrons. The zero-order valence-corrected chi connectivity index (χ0v) is 27.5. The first kappa shape index (κ1) is 33.7. The van der Waals surface area contributed by atoms with E-state index in [-0.39, 0.29) is 29.8 Å². The van der Waals surface area contributed by atoms with Crippen molar-refractivity contribution in [1.29, 1.82) is 0 Å². The van der Waals surface area contributed by atoms with Gasteiger partial charge in [-0.1, -0.05) is 98.2 Å². The number of halogens is 1. The number of hydrogen-bond acceptors (Lipinski definition) is 4. The number of carbonyl (C=O) groups excluding carboxylic acids is 2. The Labute approximate surface area is 271 Å². The molecule has 0 spiro atoms. The third kappa shape index (κ3) is 8.96. The maximum absolute atomic E-state index is 14.5. The molecule has 0 saturated heterocycles. The van der Waals surface area contributed by atoms with Crippen LogP contribution in [0.2, 0.25) is 5.02 Å². The van der Waals surface area contributed by atoms with Gasteiger partial charge in [0.1, 0.15) is 12.6 Å². The molecule has 0 aliphatic rings. The molecule has 0 aromatic heterocycles. The molecule has 1 N–H and O–H groups in total. The Morgan fingerprint density at radius 1 is 0.778 bits per heavy atom. The number of benzene rings is 4. The van der Waals surface area contributed by atoms with Gasteiger partial charge in [-0.05, 0) is 72.9 Å². The molecule has 2 atom stereocenters. The van der Waals surface area contributed by atoms with Crippen molar-refractivity contribution >= 4 is 39.1 Å². The van der Waals surface area contributed by atoms with Gasteiger partial charge in [0.25, 0.3) is 10.0 Å². The molecule has 4 aromatic carbocycles. The van der Waals surface area contributed by atoms with E-state index in [0.717, 1.165) is 27.4 Å². The van der Waals surface area contributed by atoms with Crippen molar-refractivity contribution in [2.75, 3.05) is 10.8 Å². The van der Waals surface area contributed by atoms with Crippen LogP contribution in [0.25, 0.3) is 0 Å². The topological polar surface area (TPSA) is 86.8 Å². The highest BCUT2D eigenvalue weighted by Crippen LogP contribution is 2.26. The van der Waals surface area contributed by atoms with E-state index in [0.29, 0.717) is 17.1 Å². The predicted octanol–water partition coefficient (Wildman–Crippen LogP) is 6.65. The highest BCUT2D eigenvalue weighted by Gasteiger charge is 2.35. The van der Waals surface area contributed by atoms with Crippen molar-refractivity contribution in [2.45, 2.75) is 63.6 Å².